The molecule has 7 aliphatic rings. The van der Waals surface area contributed by atoms with Gasteiger partial charge in [0, 0.05) is 48.4 Å². The normalized spacial score (nSPS) is 48.7. The number of aliphatic hydroxyl groups is 1. The molecule has 1 aromatic heterocycles. The number of pyridine rings is 1. The van der Waals surface area contributed by atoms with Gasteiger partial charge in [0.1, 0.15) is 0 Å². The summed E-state index contributed by atoms with van der Waals surface area (Å²) in [5, 5.41) is 13.8. The van der Waals surface area contributed by atoms with Crippen molar-refractivity contribution >= 4 is 10.8 Å². The molecular weight excluding hydrogens is 470 g/mol. The highest BCUT2D eigenvalue weighted by molar-refractivity contribution is 5.82. The van der Waals surface area contributed by atoms with Crippen LogP contribution in [-0.2, 0) is 10.2 Å². The Kier molecular flexibility index (Phi) is 4.29. The first-order valence-corrected chi connectivity index (χ1v) is 15.0. The van der Waals surface area contributed by atoms with E-state index in [1.54, 1.807) is 0 Å². The summed E-state index contributed by atoms with van der Waals surface area (Å²) < 4.78 is 7.53. The summed E-state index contributed by atoms with van der Waals surface area (Å²) in [6.07, 6.45) is 17.2. The van der Waals surface area contributed by atoms with Crippen LogP contribution in [0.5, 0.6) is 0 Å². The Balaban J connectivity index is 1.10. The van der Waals surface area contributed by atoms with Crippen molar-refractivity contribution in [2.24, 2.45) is 23.0 Å². The van der Waals surface area contributed by atoms with Gasteiger partial charge in [0.2, 0.25) is 0 Å². The molecule has 4 heterocycles. The number of nitrogens with zero attached hydrogens (tertiary/aromatic N) is 2. The predicted octanol–water partition coefficient (Wildman–Crippen LogP) is 4.63. The predicted molar refractivity (Wildman–Crippen MR) is 148 cm³/mol. The molecule has 1 unspecified atom stereocenters. The summed E-state index contributed by atoms with van der Waals surface area (Å²) in [5.74, 6) is 1.28. The number of aliphatic hydroxyl groups excluding tert-OH is 1. The summed E-state index contributed by atoms with van der Waals surface area (Å²) in [7, 11) is 0. The number of hydrogen-bond donors (Lipinski definition) is 2. The van der Waals surface area contributed by atoms with Crippen molar-refractivity contribution in [1.29, 1.82) is 0 Å². The van der Waals surface area contributed by atoms with E-state index in [0.717, 1.165) is 57.5 Å². The molecular formula is C33H39N3O2. The van der Waals surface area contributed by atoms with Gasteiger partial charge in [-0.15, -0.1) is 0 Å². The van der Waals surface area contributed by atoms with Crippen LogP contribution in [-0.4, -0.2) is 57.5 Å². The van der Waals surface area contributed by atoms with Crippen molar-refractivity contribution in [2.45, 2.75) is 93.1 Å². The Labute approximate surface area is 225 Å². The molecule has 5 nitrogen and oxygen atoms in total. The smallest absolute Gasteiger partial charge is 0.0975 e. The highest BCUT2D eigenvalue weighted by atomic mass is 16.5. The van der Waals surface area contributed by atoms with Crippen LogP contribution in [0.25, 0.3) is 10.8 Å². The van der Waals surface area contributed by atoms with Gasteiger partial charge in [-0.05, 0) is 103 Å². The Morgan fingerprint density at radius 3 is 2.95 bits per heavy atom. The first-order valence-electron chi connectivity index (χ1n) is 15.0. The molecule has 0 radical (unpaired) electrons. The Morgan fingerprint density at radius 2 is 2.08 bits per heavy atom. The van der Waals surface area contributed by atoms with Crippen LogP contribution >= 0.6 is 0 Å². The van der Waals surface area contributed by atoms with Crippen LogP contribution < -0.4 is 5.73 Å². The summed E-state index contributed by atoms with van der Waals surface area (Å²) in [6.45, 7) is 4.49. The average Bonchev–Trinajstić information content (AvgIpc) is 3.21. The van der Waals surface area contributed by atoms with Gasteiger partial charge < -0.3 is 15.6 Å². The molecule has 9 atom stereocenters. The van der Waals surface area contributed by atoms with Gasteiger partial charge in [0.05, 0.1) is 17.3 Å². The molecule has 5 fully saturated rings. The van der Waals surface area contributed by atoms with Crippen LogP contribution in [0.15, 0.2) is 60.0 Å². The monoisotopic (exact) mass is 509 g/mol. The third-order valence-corrected chi connectivity index (χ3v) is 12.7. The molecule has 5 heteroatoms. The van der Waals surface area contributed by atoms with Gasteiger partial charge in [-0.2, -0.15) is 0 Å². The van der Waals surface area contributed by atoms with Gasteiger partial charge in [0.15, 0.2) is 0 Å². The molecule has 2 saturated heterocycles. The maximum atomic E-state index is 11.2. The zero-order valence-corrected chi connectivity index (χ0v) is 22.4. The molecule has 3 aliphatic heterocycles. The zero-order valence-electron chi connectivity index (χ0n) is 22.4. The molecule has 2 aromatic rings. The lowest BCUT2D eigenvalue weighted by Gasteiger charge is -2.56. The van der Waals surface area contributed by atoms with Crippen molar-refractivity contribution in [2.75, 3.05) is 13.1 Å². The minimum Gasteiger partial charge on any atom is -0.391 e. The van der Waals surface area contributed by atoms with E-state index in [9.17, 15) is 5.11 Å². The second-order valence-electron chi connectivity index (χ2n) is 14.1. The van der Waals surface area contributed by atoms with Crippen LogP contribution in [0, 0.1) is 17.3 Å². The number of aromatic nitrogens is 1. The van der Waals surface area contributed by atoms with Crippen LogP contribution in [0.4, 0.5) is 0 Å². The van der Waals surface area contributed by atoms with Crippen molar-refractivity contribution in [3.63, 3.8) is 0 Å². The fraction of sp³-hybridized carbons (Fsp3) is 0.606. The highest BCUT2D eigenvalue weighted by Gasteiger charge is 2.78. The molecule has 3 saturated carbocycles. The Bertz CT molecular complexity index is 1430. The second-order valence-corrected chi connectivity index (χ2v) is 14.1. The van der Waals surface area contributed by atoms with E-state index in [1.165, 1.54) is 40.3 Å². The van der Waals surface area contributed by atoms with Gasteiger partial charge in [-0.25, -0.2) is 0 Å². The van der Waals surface area contributed by atoms with Gasteiger partial charge in [-0.3, -0.25) is 9.88 Å². The van der Waals surface area contributed by atoms with Crippen molar-refractivity contribution in [3.8, 4) is 0 Å². The van der Waals surface area contributed by atoms with Crippen molar-refractivity contribution in [3.05, 3.63) is 65.5 Å². The van der Waals surface area contributed by atoms with Crippen LogP contribution in [0.2, 0.25) is 0 Å². The molecule has 9 rings (SSSR count). The number of nitrogens with two attached hydrogens (primary N) is 1. The summed E-state index contributed by atoms with van der Waals surface area (Å²) in [6, 6.07) is 9.68. The molecule has 38 heavy (non-hydrogen) atoms. The molecule has 2 spiro atoms. The third kappa shape index (κ3) is 2.61. The minimum atomic E-state index is -0.326. The lowest BCUT2D eigenvalue weighted by molar-refractivity contribution is -0.154. The molecule has 198 valence electrons. The van der Waals surface area contributed by atoms with Crippen molar-refractivity contribution < 1.29 is 9.84 Å². The highest BCUT2D eigenvalue weighted by Crippen LogP contribution is 2.80. The number of likely N-dealkylation sites (tertiary alicyclic amines) is 1. The van der Waals surface area contributed by atoms with Crippen LogP contribution in [0.1, 0.15) is 63.9 Å². The molecule has 1 aromatic carbocycles. The van der Waals surface area contributed by atoms with E-state index < -0.39 is 0 Å². The fourth-order valence-electron chi connectivity index (χ4n) is 10.8. The lowest BCUT2D eigenvalue weighted by atomic mass is 9.55. The third-order valence-electron chi connectivity index (χ3n) is 12.7. The lowest BCUT2D eigenvalue weighted by Crippen LogP contribution is -2.59. The number of rotatable bonds is 2. The molecule has 4 aliphatic carbocycles. The Hall–Kier alpha value is -2.05. The zero-order chi connectivity index (χ0) is 25.5. The number of fused-ring (bicyclic) bond motifs is 4. The van der Waals surface area contributed by atoms with E-state index in [-0.39, 0.29) is 40.2 Å². The molecule has 2 bridgehead atoms. The van der Waals surface area contributed by atoms with E-state index >= 15 is 0 Å². The second kappa shape index (κ2) is 7.17. The molecule has 3 N–H and O–H groups in total. The minimum absolute atomic E-state index is 0.158. The summed E-state index contributed by atoms with van der Waals surface area (Å²) in [4.78, 5) is 6.88. The average molecular weight is 510 g/mol. The van der Waals surface area contributed by atoms with Crippen molar-refractivity contribution in [1.82, 2.24) is 9.88 Å². The molecule has 0 amide bonds. The Morgan fingerprint density at radius 1 is 1.16 bits per heavy atom. The van der Waals surface area contributed by atoms with E-state index in [4.69, 9.17) is 10.5 Å². The SMILES string of the molecule is C[C@]12CC=C3C=C4C[C@@H](O)[C@@H](N5CC[C@@H](N)C5)C[C@]45CCC3(O5)[C@@H]1C[C@H]1C[C@]12c1ccc2ccncc2c1. The summed E-state index contributed by atoms with van der Waals surface area (Å²) in [5.41, 5.74) is 10.7. The van der Waals surface area contributed by atoms with Gasteiger partial charge in [-0.1, -0.05) is 31.2 Å². The maximum absolute atomic E-state index is 11.2. The van der Waals surface area contributed by atoms with Crippen LogP contribution in [0.3, 0.4) is 0 Å². The number of allylic oxidation sites excluding steroid dienone is 1. The first-order chi connectivity index (χ1) is 18.4. The number of benzene rings is 1. The quantitative estimate of drug-likeness (QED) is 0.618. The maximum Gasteiger partial charge on any atom is 0.0975 e. The van der Waals surface area contributed by atoms with Gasteiger partial charge >= 0.3 is 0 Å². The van der Waals surface area contributed by atoms with E-state index in [1.807, 2.05) is 12.4 Å². The fourth-order valence-corrected chi connectivity index (χ4v) is 10.8. The summed E-state index contributed by atoms with van der Waals surface area (Å²) >= 11 is 0. The first kappa shape index (κ1) is 22.7. The topological polar surface area (TPSA) is 71.6 Å². The number of hydrogen-bond acceptors (Lipinski definition) is 5. The van der Waals surface area contributed by atoms with E-state index in [0.29, 0.717) is 5.92 Å². The largest absolute Gasteiger partial charge is 0.391 e. The van der Waals surface area contributed by atoms with E-state index in [2.05, 4.69) is 53.2 Å². The number of ether oxygens (including phenoxy) is 1. The standard InChI is InChI=1S/C33H39N3O2/c1-30-7-4-23-13-24-14-28(37)27(36-11-6-26(34)19-36)17-31(24)8-9-33(23,38-31)29(30)15-25-16-32(25,30)22-3-2-20-5-10-35-18-21(20)12-22/h2-5,10,12-13,18,25-29,37H,6-9,11,14-17,19,34H2,1H3/t25-,26+,27-,28+,29+,30-,31+,32-,33?/m0/s1. The van der Waals surface area contributed by atoms with Gasteiger partial charge in [0.25, 0.3) is 0 Å².